The minimum atomic E-state index is -3.61. The molecule has 0 spiro atoms. The second-order valence-corrected chi connectivity index (χ2v) is 5.88. The summed E-state index contributed by atoms with van der Waals surface area (Å²) in [6.45, 7) is 0. The standard InChI is InChI=1S/C10H8N4O5S/c1-20(18,19)6-2-3-7(8(4-6)14(16)17)9(15)10-11-5-12-13-10/h2-5H,1H3,(H,11,12,13). The molecule has 0 atom stereocenters. The molecule has 0 saturated heterocycles. The Balaban J connectivity index is 2.60. The van der Waals surface area contributed by atoms with E-state index in [0.29, 0.717) is 0 Å². The van der Waals surface area contributed by atoms with Crippen LogP contribution in [0.3, 0.4) is 0 Å². The maximum atomic E-state index is 12.0. The number of carbonyl (C=O) groups is 1. The number of ketones is 1. The van der Waals surface area contributed by atoms with Crippen molar-refractivity contribution < 1.29 is 18.1 Å². The summed E-state index contributed by atoms with van der Waals surface area (Å²) in [4.78, 5) is 25.5. The molecule has 0 radical (unpaired) electrons. The number of nitro benzene ring substituents is 1. The molecule has 0 aliphatic heterocycles. The minimum absolute atomic E-state index is 0.236. The molecule has 0 saturated carbocycles. The zero-order chi connectivity index (χ0) is 14.9. The van der Waals surface area contributed by atoms with Crippen LogP contribution in [-0.4, -0.2) is 40.6 Å². The van der Waals surface area contributed by atoms with Gasteiger partial charge in [-0.1, -0.05) is 0 Å². The van der Waals surface area contributed by atoms with Crippen LogP contribution in [-0.2, 0) is 9.84 Å². The van der Waals surface area contributed by atoms with E-state index in [4.69, 9.17) is 0 Å². The summed E-state index contributed by atoms with van der Waals surface area (Å²) in [5, 5.41) is 16.8. The van der Waals surface area contributed by atoms with Crippen molar-refractivity contribution in [3.8, 4) is 0 Å². The van der Waals surface area contributed by atoms with Crippen molar-refractivity contribution >= 4 is 21.3 Å². The van der Waals surface area contributed by atoms with Crippen molar-refractivity contribution in [1.29, 1.82) is 0 Å². The van der Waals surface area contributed by atoms with Gasteiger partial charge in [0.25, 0.3) is 5.69 Å². The van der Waals surface area contributed by atoms with Gasteiger partial charge in [0.2, 0.25) is 11.6 Å². The molecule has 10 heteroatoms. The van der Waals surface area contributed by atoms with Gasteiger partial charge in [0.05, 0.1) is 9.82 Å². The monoisotopic (exact) mass is 296 g/mol. The Morgan fingerprint density at radius 1 is 1.40 bits per heavy atom. The third kappa shape index (κ3) is 2.54. The number of sulfone groups is 1. The summed E-state index contributed by atoms with van der Waals surface area (Å²) in [6.07, 6.45) is 2.08. The smallest absolute Gasteiger partial charge is 0.281 e. The first kappa shape index (κ1) is 13.8. The molecule has 0 unspecified atom stereocenters. The molecule has 0 aliphatic rings. The van der Waals surface area contributed by atoms with E-state index >= 15 is 0 Å². The van der Waals surface area contributed by atoms with Crippen molar-refractivity contribution in [2.45, 2.75) is 4.90 Å². The number of rotatable bonds is 4. The molecule has 0 bridgehead atoms. The zero-order valence-electron chi connectivity index (χ0n) is 10.1. The number of carbonyl (C=O) groups excluding carboxylic acids is 1. The van der Waals surface area contributed by atoms with Crippen LogP contribution >= 0.6 is 0 Å². The molecule has 0 fully saturated rings. The molecule has 0 aliphatic carbocycles. The van der Waals surface area contributed by atoms with Crippen molar-refractivity contribution in [2.24, 2.45) is 0 Å². The average molecular weight is 296 g/mol. The number of hydrogen-bond donors (Lipinski definition) is 1. The fourth-order valence-corrected chi connectivity index (χ4v) is 2.16. The third-order valence-electron chi connectivity index (χ3n) is 2.46. The molecule has 1 heterocycles. The molecule has 1 N–H and O–H groups in total. The van der Waals surface area contributed by atoms with E-state index in [2.05, 4.69) is 15.2 Å². The SMILES string of the molecule is CS(=O)(=O)c1ccc(C(=O)c2nc[nH]n2)c([N+](=O)[O-])c1. The third-order valence-corrected chi connectivity index (χ3v) is 3.57. The molecule has 2 rings (SSSR count). The molecule has 2 aromatic rings. The van der Waals surface area contributed by atoms with Crippen LogP contribution in [0.25, 0.3) is 0 Å². The highest BCUT2D eigenvalue weighted by atomic mass is 32.2. The summed E-state index contributed by atoms with van der Waals surface area (Å²) < 4.78 is 22.8. The lowest BCUT2D eigenvalue weighted by Gasteiger charge is -2.02. The first-order valence-electron chi connectivity index (χ1n) is 5.19. The predicted octanol–water partition coefficient (Wildman–Crippen LogP) is 0.347. The Morgan fingerprint density at radius 2 is 2.10 bits per heavy atom. The molecular weight excluding hydrogens is 288 g/mol. The average Bonchev–Trinajstić information content (AvgIpc) is 2.89. The second-order valence-electron chi connectivity index (χ2n) is 3.86. The predicted molar refractivity (Wildman–Crippen MR) is 66.0 cm³/mol. The van der Waals surface area contributed by atoms with Gasteiger partial charge < -0.3 is 0 Å². The maximum absolute atomic E-state index is 12.0. The molecule has 1 aromatic heterocycles. The van der Waals surface area contributed by atoms with Crippen molar-refractivity contribution in [2.75, 3.05) is 6.26 Å². The van der Waals surface area contributed by atoms with Gasteiger partial charge in [-0.05, 0) is 12.1 Å². The van der Waals surface area contributed by atoms with Crippen LogP contribution in [0.4, 0.5) is 5.69 Å². The van der Waals surface area contributed by atoms with Crippen LogP contribution in [0.2, 0.25) is 0 Å². The van der Waals surface area contributed by atoms with Gasteiger partial charge in [-0.25, -0.2) is 13.4 Å². The Labute approximate surface area is 112 Å². The van der Waals surface area contributed by atoms with Gasteiger partial charge in [0.15, 0.2) is 9.84 Å². The maximum Gasteiger partial charge on any atom is 0.281 e. The summed E-state index contributed by atoms with van der Waals surface area (Å²) in [7, 11) is -3.61. The van der Waals surface area contributed by atoms with E-state index in [9.17, 15) is 23.3 Å². The second kappa shape index (κ2) is 4.81. The van der Waals surface area contributed by atoms with Gasteiger partial charge in [-0.2, -0.15) is 5.10 Å². The van der Waals surface area contributed by atoms with E-state index in [0.717, 1.165) is 30.8 Å². The van der Waals surface area contributed by atoms with Crippen LogP contribution in [0, 0.1) is 10.1 Å². The molecular formula is C10H8N4O5S. The van der Waals surface area contributed by atoms with Crippen molar-refractivity contribution in [3.05, 3.63) is 46.0 Å². The van der Waals surface area contributed by atoms with Crippen LogP contribution in [0.5, 0.6) is 0 Å². The van der Waals surface area contributed by atoms with E-state index in [1.165, 1.54) is 0 Å². The number of benzene rings is 1. The van der Waals surface area contributed by atoms with Gasteiger partial charge in [-0.15, -0.1) is 0 Å². The molecule has 1 aromatic carbocycles. The summed E-state index contributed by atoms with van der Waals surface area (Å²) in [5.74, 6) is -1.00. The fraction of sp³-hybridized carbons (Fsp3) is 0.100. The number of nitrogens with one attached hydrogen (secondary N) is 1. The molecule has 9 nitrogen and oxygen atoms in total. The number of nitrogens with zero attached hydrogens (tertiary/aromatic N) is 3. The van der Waals surface area contributed by atoms with E-state index in [1.807, 2.05) is 0 Å². The minimum Gasteiger partial charge on any atom is -0.285 e. The highest BCUT2D eigenvalue weighted by Crippen LogP contribution is 2.24. The van der Waals surface area contributed by atoms with Gasteiger partial charge in [0, 0.05) is 12.3 Å². The van der Waals surface area contributed by atoms with Gasteiger partial charge in [-0.3, -0.25) is 20.0 Å². The number of H-pyrrole nitrogens is 1. The fourth-order valence-electron chi connectivity index (χ4n) is 1.52. The number of hydrogen-bond acceptors (Lipinski definition) is 7. The first-order valence-corrected chi connectivity index (χ1v) is 7.09. The normalized spacial score (nSPS) is 11.2. The Bertz CT molecular complexity index is 782. The largest absolute Gasteiger partial charge is 0.285 e. The van der Waals surface area contributed by atoms with Crippen molar-refractivity contribution in [1.82, 2.24) is 15.2 Å². The summed E-state index contributed by atoms with van der Waals surface area (Å²) >= 11 is 0. The Kier molecular flexibility index (Phi) is 3.32. The summed E-state index contributed by atoms with van der Waals surface area (Å²) in [5.41, 5.74) is -0.885. The Hall–Kier alpha value is -2.62. The quantitative estimate of drug-likeness (QED) is 0.488. The lowest BCUT2D eigenvalue weighted by molar-refractivity contribution is -0.385. The van der Waals surface area contributed by atoms with Crippen molar-refractivity contribution in [3.63, 3.8) is 0 Å². The zero-order valence-corrected chi connectivity index (χ0v) is 10.9. The lowest BCUT2D eigenvalue weighted by atomic mass is 10.1. The summed E-state index contributed by atoms with van der Waals surface area (Å²) in [6, 6.07) is 3.05. The topological polar surface area (TPSA) is 136 Å². The van der Waals surface area contributed by atoms with Crippen LogP contribution < -0.4 is 0 Å². The number of aromatic amines is 1. The first-order chi connectivity index (χ1) is 9.30. The van der Waals surface area contributed by atoms with Crippen LogP contribution in [0.1, 0.15) is 16.2 Å². The Morgan fingerprint density at radius 3 is 2.60 bits per heavy atom. The van der Waals surface area contributed by atoms with Gasteiger partial charge >= 0.3 is 0 Å². The van der Waals surface area contributed by atoms with E-state index < -0.39 is 26.2 Å². The highest BCUT2D eigenvalue weighted by molar-refractivity contribution is 7.90. The van der Waals surface area contributed by atoms with Crippen LogP contribution in [0.15, 0.2) is 29.4 Å². The lowest BCUT2D eigenvalue weighted by Crippen LogP contribution is -2.09. The molecule has 20 heavy (non-hydrogen) atoms. The highest BCUT2D eigenvalue weighted by Gasteiger charge is 2.25. The van der Waals surface area contributed by atoms with Gasteiger partial charge in [0.1, 0.15) is 11.9 Å². The molecule has 104 valence electrons. The molecule has 0 amide bonds. The van der Waals surface area contributed by atoms with E-state index in [-0.39, 0.29) is 16.3 Å². The number of nitro groups is 1. The number of aromatic nitrogens is 3. The van der Waals surface area contributed by atoms with E-state index in [1.54, 1.807) is 0 Å².